The van der Waals surface area contributed by atoms with Gasteiger partial charge < -0.3 is 0 Å². The van der Waals surface area contributed by atoms with Crippen LogP contribution in [-0.4, -0.2) is 24.9 Å². The summed E-state index contributed by atoms with van der Waals surface area (Å²) in [5.41, 5.74) is 0. The first-order valence-corrected chi connectivity index (χ1v) is 2.40. The second kappa shape index (κ2) is 3.59. The fraction of sp³-hybridized carbons (Fsp3) is 0.500. The Labute approximate surface area is 45.0 Å². The molecule has 0 rings (SSSR count). The lowest BCUT2D eigenvalue weighted by Gasteiger charge is -1.75. The smallest absolute Gasteiger partial charge is 0.162 e. The topological polar surface area (TPSA) is 3.01 Å². The van der Waals surface area contributed by atoms with Gasteiger partial charge in [-0.3, -0.25) is 0 Å². The lowest BCUT2D eigenvalue weighted by Crippen LogP contribution is -1.94. The van der Waals surface area contributed by atoms with Crippen molar-refractivity contribution in [3.8, 4) is 0 Å². The summed E-state index contributed by atoms with van der Waals surface area (Å²) < 4.78 is 2.00. The molecular formula is C6H12N+. The zero-order valence-electron chi connectivity index (χ0n) is 5.18. The molecule has 0 aromatic carbocycles. The van der Waals surface area contributed by atoms with Crippen molar-refractivity contribution in [2.24, 2.45) is 0 Å². The number of rotatable bonds is 1. The predicted molar refractivity (Wildman–Crippen MR) is 33.0 cm³/mol. The van der Waals surface area contributed by atoms with E-state index in [2.05, 4.69) is 0 Å². The van der Waals surface area contributed by atoms with E-state index in [1.165, 1.54) is 0 Å². The summed E-state index contributed by atoms with van der Waals surface area (Å²) in [5.74, 6) is 0. The zero-order valence-corrected chi connectivity index (χ0v) is 5.18. The Kier molecular flexibility index (Phi) is 3.29. The second-order valence-electron chi connectivity index (χ2n) is 1.64. The van der Waals surface area contributed by atoms with E-state index >= 15 is 0 Å². The molecule has 0 aliphatic carbocycles. The van der Waals surface area contributed by atoms with Gasteiger partial charge in [0.15, 0.2) is 6.21 Å². The summed E-state index contributed by atoms with van der Waals surface area (Å²) in [7, 11) is 4.00. The molecule has 0 aliphatic heterocycles. The molecule has 0 fully saturated rings. The summed E-state index contributed by atoms with van der Waals surface area (Å²) in [4.78, 5) is 0. The fourth-order valence-corrected chi connectivity index (χ4v) is 0.258. The third kappa shape index (κ3) is 5.41. The van der Waals surface area contributed by atoms with Gasteiger partial charge in [-0.2, -0.15) is 0 Å². The van der Waals surface area contributed by atoms with Crippen molar-refractivity contribution in [3.05, 3.63) is 12.2 Å². The number of nitrogens with zero attached hydrogens (tertiary/aromatic N) is 1. The van der Waals surface area contributed by atoms with Crippen LogP contribution >= 0.6 is 0 Å². The first-order chi connectivity index (χ1) is 3.27. The summed E-state index contributed by atoms with van der Waals surface area (Å²) >= 11 is 0. The van der Waals surface area contributed by atoms with Crippen LogP contribution in [0.1, 0.15) is 6.92 Å². The summed E-state index contributed by atoms with van der Waals surface area (Å²) in [6, 6.07) is 0. The van der Waals surface area contributed by atoms with Crippen molar-refractivity contribution in [3.63, 3.8) is 0 Å². The van der Waals surface area contributed by atoms with Gasteiger partial charge >= 0.3 is 0 Å². The Hall–Kier alpha value is -0.590. The van der Waals surface area contributed by atoms with Crippen LogP contribution in [0, 0.1) is 0 Å². The second-order valence-corrected chi connectivity index (χ2v) is 1.64. The van der Waals surface area contributed by atoms with Gasteiger partial charge in [0.05, 0.1) is 0 Å². The van der Waals surface area contributed by atoms with Crippen LogP contribution in [-0.2, 0) is 0 Å². The van der Waals surface area contributed by atoms with E-state index in [0.717, 1.165) is 0 Å². The Morgan fingerprint density at radius 3 is 2.00 bits per heavy atom. The predicted octanol–water partition coefficient (Wildman–Crippen LogP) is 0.905. The zero-order chi connectivity index (χ0) is 5.70. The summed E-state index contributed by atoms with van der Waals surface area (Å²) in [6.07, 6.45) is 6.00. The van der Waals surface area contributed by atoms with Gasteiger partial charge in [-0.1, -0.05) is 6.08 Å². The third-order valence-corrected chi connectivity index (χ3v) is 0.577. The minimum Gasteiger partial charge on any atom is -0.241 e. The van der Waals surface area contributed by atoms with Crippen molar-refractivity contribution in [1.29, 1.82) is 0 Å². The molecule has 1 nitrogen and oxygen atoms in total. The van der Waals surface area contributed by atoms with Crippen LogP contribution in [0.25, 0.3) is 0 Å². The highest BCUT2D eigenvalue weighted by Gasteiger charge is 1.70. The molecule has 1 heteroatoms. The van der Waals surface area contributed by atoms with E-state index in [9.17, 15) is 0 Å². The quantitative estimate of drug-likeness (QED) is 0.338. The highest BCUT2D eigenvalue weighted by molar-refractivity contribution is 5.65. The van der Waals surface area contributed by atoms with E-state index in [1.54, 1.807) is 0 Å². The number of hydrogen-bond donors (Lipinski definition) is 0. The van der Waals surface area contributed by atoms with E-state index in [0.29, 0.717) is 0 Å². The molecule has 40 valence electrons. The maximum Gasteiger partial charge on any atom is 0.162 e. The van der Waals surface area contributed by atoms with Gasteiger partial charge in [-0.05, 0) is 13.0 Å². The first-order valence-electron chi connectivity index (χ1n) is 2.40. The molecule has 0 aromatic rings. The van der Waals surface area contributed by atoms with Crippen LogP contribution in [0.3, 0.4) is 0 Å². The Bertz CT molecular complexity index is 86.4. The third-order valence-electron chi connectivity index (χ3n) is 0.577. The minimum atomic E-state index is 2.00. The van der Waals surface area contributed by atoms with Crippen LogP contribution in [0.4, 0.5) is 0 Å². The van der Waals surface area contributed by atoms with Gasteiger partial charge in [0.1, 0.15) is 14.1 Å². The number of hydrogen-bond acceptors (Lipinski definition) is 0. The Morgan fingerprint density at radius 2 is 1.86 bits per heavy atom. The molecule has 0 amide bonds. The van der Waals surface area contributed by atoms with Gasteiger partial charge in [0.25, 0.3) is 0 Å². The fourth-order valence-electron chi connectivity index (χ4n) is 0.258. The molecule has 0 unspecified atom stereocenters. The van der Waals surface area contributed by atoms with E-state index in [1.807, 2.05) is 44.0 Å². The molecule has 0 radical (unpaired) electrons. The normalized spacial score (nSPS) is 9.57. The van der Waals surface area contributed by atoms with E-state index < -0.39 is 0 Å². The minimum absolute atomic E-state index is 2.00. The maximum atomic E-state index is 2.00. The van der Waals surface area contributed by atoms with Gasteiger partial charge in [0, 0.05) is 0 Å². The Morgan fingerprint density at radius 1 is 1.29 bits per heavy atom. The maximum absolute atomic E-state index is 2.00. The molecule has 0 spiro atoms. The van der Waals surface area contributed by atoms with Gasteiger partial charge in [0.2, 0.25) is 0 Å². The monoisotopic (exact) mass is 98.1 g/mol. The molecule has 0 atom stereocenters. The molecule has 0 bridgehead atoms. The highest BCUT2D eigenvalue weighted by atomic mass is 14.9. The van der Waals surface area contributed by atoms with Crippen molar-refractivity contribution in [2.45, 2.75) is 6.92 Å². The SMILES string of the molecule is C/C=C/C=[N+](C)C. The molecule has 7 heavy (non-hydrogen) atoms. The standard InChI is InChI=1S/C6H12N/c1-4-5-6-7(2)3/h4-6H,1-3H3/q+1/b5-4+. The summed E-state index contributed by atoms with van der Waals surface area (Å²) in [5, 5.41) is 0. The average Bonchev–Trinajstić information content (AvgIpc) is 1.61. The van der Waals surface area contributed by atoms with Gasteiger partial charge in [-0.15, -0.1) is 0 Å². The molecule has 0 saturated carbocycles. The van der Waals surface area contributed by atoms with Crippen LogP contribution in [0.5, 0.6) is 0 Å². The van der Waals surface area contributed by atoms with Crippen molar-refractivity contribution < 1.29 is 4.58 Å². The average molecular weight is 98.2 g/mol. The van der Waals surface area contributed by atoms with Crippen LogP contribution in [0.2, 0.25) is 0 Å². The molecule has 0 saturated heterocycles. The van der Waals surface area contributed by atoms with E-state index in [4.69, 9.17) is 0 Å². The van der Waals surface area contributed by atoms with Gasteiger partial charge in [-0.25, -0.2) is 4.58 Å². The van der Waals surface area contributed by atoms with E-state index in [-0.39, 0.29) is 0 Å². The Balaban J connectivity index is 3.46. The molecular weight excluding hydrogens is 86.1 g/mol. The molecule has 0 aliphatic rings. The first kappa shape index (κ1) is 6.41. The number of allylic oxidation sites excluding steroid dienone is 2. The van der Waals surface area contributed by atoms with Crippen molar-refractivity contribution >= 4 is 6.21 Å². The van der Waals surface area contributed by atoms with Crippen LogP contribution < -0.4 is 0 Å². The lowest BCUT2D eigenvalue weighted by atomic mass is 10.6. The largest absolute Gasteiger partial charge is 0.241 e. The van der Waals surface area contributed by atoms with Crippen LogP contribution in [0.15, 0.2) is 12.2 Å². The highest BCUT2D eigenvalue weighted by Crippen LogP contribution is 1.60. The molecule has 0 heterocycles. The van der Waals surface area contributed by atoms with Crippen molar-refractivity contribution in [1.82, 2.24) is 0 Å². The van der Waals surface area contributed by atoms with Crippen molar-refractivity contribution in [2.75, 3.05) is 14.1 Å². The lowest BCUT2D eigenvalue weighted by molar-refractivity contribution is -0.458. The molecule has 0 N–H and O–H groups in total. The molecule has 0 aromatic heterocycles. The summed E-state index contributed by atoms with van der Waals surface area (Å²) in [6.45, 7) is 2.00.